The zero-order valence-electron chi connectivity index (χ0n) is 13.4. The maximum absolute atomic E-state index is 12.2. The lowest BCUT2D eigenvalue weighted by Crippen LogP contribution is -2.44. The van der Waals surface area contributed by atoms with Crippen LogP contribution in [0.1, 0.15) is 16.6 Å². The molecule has 1 atom stereocenters. The summed E-state index contributed by atoms with van der Waals surface area (Å²) in [6, 6.07) is 8.35. The number of aryl methyl sites for hydroxylation is 1. The Morgan fingerprint density at radius 2 is 2.17 bits per heavy atom. The van der Waals surface area contributed by atoms with Crippen LogP contribution in [0.3, 0.4) is 0 Å². The van der Waals surface area contributed by atoms with Gasteiger partial charge in [0.2, 0.25) is 5.91 Å². The van der Waals surface area contributed by atoms with Crippen LogP contribution in [0.15, 0.2) is 35.8 Å². The van der Waals surface area contributed by atoms with Crippen LogP contribution in [0.4, 0.5) is 0 Å². The Morgan fingerprint density at radius 1 is 1.35 bits per heavy atom. The minimum absolute atomic E-state index is 0.0833. The molecule has 2 aromatic rings. The topological polar surface area (TPSA) is 46.5 Å². The zero-order chi connectivity index (χ0) is 16.1. The second-order valence-electron chi connectivity index (χ2n) is 5.77. The van der Waals surface area contributed by atoms with Crippen molar-refractivity contribution in [1.29, 1.82) is 0 Å². The fraction of sp³-hybridized carbons (Fsp3) is 0.471. The number of hydrogen-bond donors (Lipinski definition) is 1. The normalized spacial score (nSPS) is 17.1. The molecule has 0 bridgehead atoms. The summed E-state index contributed by atoms with van der Waals surface area (Å²) in [6.45, 7) is 3.93. The van der Waals surface area contributed by atoms with Gasteiger partial charge >= 0.3 is 0 Å². The van der Waals surface area contributed by atoms with Gasteiger partial charge in [-0.1, -0.05) is 6.07 Å². The molecule has 0 spiro atoms. The highest BCUT2D eigenvalue weighted by Gasteiger charge is 2.24. The molecule has 1 saturated heterocycles. The van der Waals surface area contributed by atoms with E-state index in [0.717, 1.165) is 31.2 Å². The summed E-state index contributed by atoms with van der Waals surface area (Å²) in [6.07, 6.45) is 2.51. The van der Waals surface area contributed by atoms with E-state index in [4.69, 9.17) is 4.74 Å². The molecule has 2 aromatic heterocycles. The maximum atomic E-state index is 12.2. The van der Waals surface area contributed by atoms with Crippen LogP contribution in [-0.2, 0) is 23.0 Å². The average Bonchev–Trinajstić information content (AvgIpc) is 3.21. The van der Waals surface area contributed by atoms with Gasteiger partial charge in [0.15, 0.2) is 0 Å². The van der Waals surface area contributed by atoms with E-state index in [9.17, 15) is 4.79 Å². The molecular formula is C17H23N3O2S. The molecule has 5 nitrogen and oxygen atoms in total. The van der Waals surface area contributed by atoms with Gasteiger partial charge in [-0.2, -0.15) is 0 Å². The fourth-order valence-electron chi connectivity index (χ4n) is 2.97. The van der Waals surface area contributed by atoms with E-state index in [1.54, 1.807) is 11.3 Å². The summed E-state index contributed by atoms with van der Waals surface area (Å²) >= 11 is 1.62. The van der Waals surface area contributed by atoms with E-state index in [1.165, 1.54) is 5.69 Å². The van der Waals surface area contributed by atoms with Crippen LogP contribution in [0, 0.1) is 0 Å². The van der Waals surface area contributed by atoms with Gasteiger partial charge in [0.05, 0.1) is 25.7 Å². The maximum Gasteiger partial charge on any atom is 0.225 e. The second kappa shape index (κ2) is 7.77. The molecule has 0 radical (unpaired) electrons. The highest BCUT2D eigenvalue weighted by Crippen LogP contribution is 2.21. The molecule has 1 unspecified atom stereocenters. The van der Waals surface area contributed by atoms with Gasteiger partial charge in [-0.3, -0.25) is 9.69 Å². The van der Waals surface area contributed by atoms with Crippen molar-refractivity contribution in [3.63, 3.8) is 0 Å². The summed E-state index contributed by atoms with van der Waals surface area (Å²) in [4.78, 5) is 15.7. The summed E-state index contributed by atoms with van der Waals surface area (Å²) in [5, 5.41) is 5.11. The molecule has 3 heterocycles. The predicted octanol–water partition coefficient (Wildman–Crippen LogP) is 1.82. The molecule has 1 aliphatic rings. The van der Waals surface area contributed by atoms with E-state index < -0.39 is 0 Å². The SMILES string of the molecule is Cn1cccc1C(CNC(=O)Cc1cccs1)N1CCOCC1. The summed E-state index contributed by atoms with van der Waals surface area (Å²) in [5.74, 6) is 0.0833. The number of rotatable bonds is 6. The van der Waals surface area contributed by atoms with Gasteiger partial charge in [0.25, 0.3) is 0 Å². The van der Waals surface area contributed by atoms with Crippen molar-refractivity contribution in [1.82, 2.24) is 14.8 Å². The lowest BCUT2D eigenvalue weighted by molar-refractivity contribution is -0.120. The molecule has 0 aromatic carbocycles. The summed E-state index contributed by atoms with van der Waals surface area (Å²) < 4.78 is 7.59. The van der Waals surface area contributed by atoms with Crippen LogP contribution in [-0.4, -0.2) is 48.2 Å². The number of carbonyl (C=O) groups excluding carboxylic acids is 1. The molecule has 23 heavy (non-hydrogen) atoms. The minimum Gasteiger partial charge on any atom is -0.379 e. The summed E-state index contributed by atoms with van der Waals surface area (Å²) in [7, 11) is 2.05. The largest absolute Gasteiger partial charge is 0.379 e. The molecule has 0 aliphatic carbocycles. The molecular weight excluding hydrogens is 310 g/mol. The van der Waals surface area contributed by atoms with Gasteiger partial charge in [-0.25, -0.2) is 0 Å². The number of morpholine rings is 1. The first-order valence-electron chi connectivity index (χ1n) is 7.96. The number of thiophene rings is 1. The van der Waals surface area contributed by atoms with Crippen LogP contribution >= 0.6 is 11.3 Å². The minimum atomic E-state index is 0.0833. The van der Waals surface area contributed by atoms with Crippen LogP contribution in [0.25, 0.3) is 0 Å². The standard InChI is InChI=1S/C17H23N3O2S/c1-19-6-2-5-15(19)16(20-7-9-22-10-8-20)13-18-17(21)12-14-4-3-11-23-14/h2-6,11,16H,7-10,12-13H2,1H3,(H,18,21). The average molecular weight is 333 g/mol. The van der Waals surface area contributed by atoms with E-state index >= 15 is 0 Å². The van der Waals surface area contributed by atoms with Crippen molar-refractivity contribution < 1.29 is 9.53 Å². The van der Waals surface area contributed by atoms with Gasteiger partial charge in [-0.05, 0) is 23.6 Å². The Labute approximate surface area is 140 Å². The van der Waals surface area contributed by atoms with Gasteiger partial charge in [0, 0.05) is 43.4 Å². The van der Waals surface area contributed by atoms with Crippen molar-refractivity contribution in [3.8, 4) is 0 Å². The number of nitrogens with zero attached hydrogens (tertiary/aromatic N) is 2. The summed E-state index contributed by atoms with van der Waals surface area (Å²) in [5.41, 5.74) is 1.23. The van der Waals surface area contributed by atoms with Gasteiger partial charge in [0.1, 0.15) is 0 Å². The first-order valence-corrected chi connectivity index (χ1v) is 8.84. The third-order valence-corrected chi connectivity index (χ3v) is 5.10. The number of ether oxygens (including phenoxy) is 1. The fourth-order valence-corrected chi connectivity index (χ4v) is 3.68. The van der Waals surface area contributed by atoms with Crippen LogP contribution < -0.4 is 5.32 Å². The highest BCUT2D eigenvalue weighted by molar-refractivity contribution is 7.10. The zero-order valence-corrected chi connectivity index (χ0v) is 14.2. The number of nitrogens with one attached hydrogen (secondary N) is 1. The predicted molar refractivity (Wildman–Crippen MR) is 91.6 cm³/mol. The van der Waals surface area contributed by atoms with Crippen molar-refractivity contribution in [2.75, 3.05) is 32.8 Å². The molecule has 3 rings (SSSR count). The van der Waals surface area contributed by atoms with E-state index in [2.05, 4.69) is 40.2 Å². The van der Waals surface area contributed by atoms with Crippen molar-refractivity contribution >= 4 is 17.2 Å². The molecule has 0 saturated carbocycles. The van der Waals surface area contributed by atoms with E-state index in [1.807, 2.05) is 17.5 Å². The Kier molecular flexibility index (Phi) is 5.48. The van der Waals surface area contributed by atoms with Gasteiger partial charge < -0.3 is 14.6 Å². The molecule has 6 heteroatoms. The number of amides is 1. The molecule has 1 fully saturated rings. The Bertz CT molecular complexity index is 618. The van der Waals surface area contributed by atoms with E-state index in [-0.39, 0.29) is 11.9 Å². The van der Waals surface area contributed by atoms with Crippen molar-refractivity contribution in [2.24, 2.45) is 7.05 Å². The Balaban J connectivity index is 1.63. The van der Waals surface area contributed by atoms with Crippen molar-refractivity contribution in [2.45, 2.75) is 12.5 Å². The van der Waals surface area contributed by atoms with Crippen molar-refractivity contribution in [3.05, 3.63) is 46.4 Å². The first kappa shape index (κ1) is 16.2. The molecule has 124 valence electrons. The highest BCUT2D eigenvalue weighted by atomic mass is 32.1. The van der Waals surface area contributed by atoms with Crippen LogP contribution in [0.2, 0.25) is 0 Å². The number of aromatic nitrogens is 1. The Hall–Kier alpha value is -1.63. The molecule has 1 amide bonds. The van der Waals surface area contributed by atoms with Gasteiger partial charge in [-0.15, -0.1) is 11.3 Å². The molecule has 1 aliphatic heterocycles. The molecule has 1 N–H and O–H groups in total. The van der Waals surface area contributed by atoms with Crippen LogP contribution in [0.5, 0.6) is 0 Å². The number of carbonyl (C=O) groups is 1. The third kappa shape index (κ3) is 4.22. The number of hydrogen-bond acceptors (Lipinski definition) is 4. The second-order valence-corrected chi connectivity index (χ2v) is 6.80. The van der Waals surface area contributed by atoms with E-state index in [0.29, 0.717) is 13.0 Å². The lowest BCUT2D eigenvalue weighted by Gasteiger charge is -2.35. The Morgan fingerprint density at radius 3 is 2.83 bits per heavy atom. The lowest BCUT2D eigenvalue weighted by atomic mass is 10.1. The smallest absolute Gasteiger partial charge is 0.225 e. The quantitative estimate of drug-likeness (QED) is 0.877. The third-order valence-electron chi connectivity index (χ3n) is 4.22. The first-order chi connectivity index (χ1) is 11.2. The monoisotopic (exact) mass is 333 g/mol.